The van der Waals surface area contributed by atoms with Crippen LogP contribution in [0.5, 0.6) is 0 Å². The van der Waals surface area contributed by atoms with Gasteiger partial charge in [-0.1, -0.05) is 218 Å². The molecule has 6 atom stereocenters. The average molecular weight is 1020 g/mol. The lowest BCUT2D eigenvalue weighted by molar-refractivity contribution is -0.142. The summed E-state index contributed by atoms with van der Waals surface area (Å²) in [5, 5.41) is 8.69. The van der Waals surface area contributed by atoms with Gasteiger partial charge in [0, 0.05) is 12.3 Å². The summed E-state index contributed by atoms with van der Waals surface area (Å²) in [6.45, 7) is 1.92. The Balaban J connectivity index is 0.000000201. The van der Waals surface area contributed by atoms with Crippen molar-refractivity contribution < 1.29 is 32.6 Å². The first-order valence-corrected chi connectivity index (χ1v) is 25.5. The van der Waals surface area contributed by atoms with Crippen LogP contribution in [0.25, 0.3) is 30.4 Å². The quantitative estimate of drug-likeness (QED) is 0.0446. The first kappa shape index (κ1) is 58.1. The maximum atomic E-state index is 12.0. The Bertz CT molecular complexity index is 2850. The van der Waals surface area contributed by atoms with Crippen LogP contribution in [-0.2, 0) is 29.0 Å². The van der Waals surface area contributed by atoms with Crippen LogP contribution >= 0.6 is 12.4 Å². The number of carboxylic acids is 1. The molecule has 0 radical (unpaired) electrons. The van der Waals surface area contributed by atoms with Crippen LogP contribution in [0.3, 0.4) is 0 Å². The number of rotatable bonds is 15. The normalized spacial score (nSPS) is 19.2. The van der Waals surface area contributed by atoms with Gasteiger partial charge in [0.25, 0.3) is 0 Å². The molecule has 3 saturated carbocycles. The van der Waals surface area contributed by atoms with E-state index in [1.807, 2.05) is 165 Å². The van der Waals surface area contributed by atoms with Gasteiger partial charge in [-0.05, 0) is 96.0 Å². The van der Waals surface area contributed by atoms with Gasteiger partial charge in [0.1, 0.15) is 12.2 Å². The van der Waals surface area contributed by atoms with Crippen molar-refractivity contribution in [3.05, 3.63) is 240 Å². The van der Waals surface area contributed by atoms with E-state index in [0.717, 1.165) is 47.8 Å². The molecule has 3 aliphatic carbocycles. The zero-order valence-electron chi connectivity index (χ0n) is 41.2. The monoisotopic (exact) mass is 1020 g/mol. The largest absolute Gasteiger partial charge is 0.481 e. The Hall–Kier alpha value is -7.50. The standard InChI is InChI=1S/C17H17NO2S.C13H14O2.C12H12O2.C11H13N.C9H8O.ClH/c1-15-9-11-17(12-10-15)21(19,20)14-18-13-5-8-16-6-3-2-4-7-16;1-15-13(14)12-9-11(12)8-7-10-5-3-2-4-6-10;13-12(14)11-8-10(11)7-6-9-4-2-1-3-5-9;12-11-8-10(11)7-6-9-4-2-1-3-5-9;10-8-4-7-9-5-2-1-3-6-9;/h2-13H,14H2,1H3;2-8,11-12H,9H2,1H3;1-7,10-11H,8H2,(H,13,14);1-7,10-11H,8,12H2;1-8H;1H/b8-5+,18-13?;8-7+;2*7-6+;7-4+;. The predicted octanol–water partition coefficient (Wildman–Crippen LogP) is 12.8. The maximum absolute atomic E-state index is 12.0. The molecule has 73 heavy (non-hydrogen) atoms. The third kappa shape index (κ3) is 23.1. The second kappa shape index (κ2) is 31.8. The zero-order valence-corrected chi connectivity index (χ0v) is 42.8. The zero-order chi connectivity index (χ0) is 51.4. The number of carbonyl (C=O) groups excluding carboxylic acids is 2. The average Bonchev–Trinajstić information content (AvgIpc) is 4.35. The maximum Gasteiger partial charge on any atom is 0.309 e. The first-order chi connectivity index (χ1) is 34.9. The van der Waals surface area contributed by atoms with Crippen LogP contribution in [0.4, 0.5) is 0 Å². The number of benzene rings is 6. The molecular formula is C62H65ClN2O7S. The van der Waals surface area contributed by atoms with E-state index in [4.69, 9.17) is 10.8 Å². The highest BCUT2D eigenvalue weighted by Crippen LogP contribution is 2.41. The summed E-state index contributed by atoms with van der Waals surface area (Å²) in [6, 6.07) is 57.0. The fourth-order valence-electron chi connectivity index (χ4n) is 6.87. The van der Waals surface area contributed by atoms with E-state index >= 15 is 0 Å². The molecule has 6 aromatic rings. The molecule has 6 unspecified atom stereocenters. The lowest BCUT2D eigenvalue weighted by atomic mass is 10.2. The fraction of sp³-hybridized carbons (Fsp3) is 0.194. The molecule has 6 aromatic carbocycles. The highest BCUT2D eigenvalue weighted by Gasteiger charge is 2.42. The number of esters is 1. The van der Waals surface area contributed by atoms with Gasteiger partial charge < -0.3 is 15.6 Å². The van der Waals surface area contributed by atoms with Gasteiger partial charge >= 0.3 is 11.9 Å². The fourth-order valence-corrected chi connectivity index (χ4v) is 7.85. The molecule has 0 heterocycles. The van der Waals surface area contributed by atoms with Gasteiger partial charge in [-0.2, -0.15) is 0 Å². The van der Waals surface area contributed by atoms with Crippen LogP contribution in [0.15, 0.2) is 216 Å². The van der Waals surface area contributed by atoms with Crippen molar-refractivity contribution in [2.75, 3.05) is 13.0 Å². The SMILES string of the molecule is COC(=O)C1CC1/C=C/c1ccccc1.Cc1ccc(S(=O)(=O)CN=C/C=C/c2ccccc2)cc1.Cl.NC1CC1/C=C/c1ccccc1.O=C(O)C1CC1/C=C/c1ccccc1.O=C/C=C/c1ccccc1. The van der Waals surface area contributed by atoms with E-state index in [1.165, 1.54) is 30.5 Å². The molecule has 3 aliphatic rings. The summed E-state index contributed by atoms with van der Waals surface area (Å²) in [4.78, 5) is 35.8. The van der Waals surface area contributed by atoms with Crippen molar-refractivity contribution in [2.24, 2.45) is 40.3 Å². The number of sulfone groups is 1. The van der Waals surface area contributed by atoms with Gasteiger partial charge in [-0.15, -0.1) is 12.4 Å². The Morgan fingerprint density at radius 1 is 0.575 bits per heavy atom. The smallest absolute Gasteiger partial charge is 0.309 e. The summed E-state index contributed by atoms with van der Waals surface area (Å²) >= 11 is 0. The number of hydrogen-bond acceptors (Lipinski definition) is 8. The molecule has 9 nitrogen and oxygen atoms in total. The lowest BCUT2D eigenvalue weighted by Crippen LogP contribution is -2.04. The number of nitrogens with two attached hydrogens (primary N) is 1. The number of carboxylic acid groups (broad SMARTS) is 1. The van der Waals surface area contributed by atoms with Crippen LogP contribution in [-0.4, -0.2) is 57.0 Å². The molecule has 9 rings (SSSR count). The number of aryl methyl sites for hydroxylation is 1. The Kier molecular flexibility index (Phi) is 25.3. The van der Waals surface area contributed by atoms with Crippen molar-refractivity contribution in [2.45, 2.75) is 37.1 Å². The summed E-state index contributed by atoms with van der Waals surface area (Å²) in [5.41, 5.74) is 12.4. The minimum Gasteiger partial charge on any atom is -0.481 e. The van der Waals surface area contributed by atoms with Crippen LogP contribution in [0.2, 0.25) is 0 Å². The molecule has 0 aliphatic heterocycles. The van der Waals surface area contributed by atoms with E-state index in [9.17, 15) is 22.8 Å². The van der Waals surface area contributed by atoms with Crippen molar-refractivity contribution in [3.8, 4) is 0 Å². The molecule has 3 fully saturated rings. The van der Waals surface area contributed by atoms with E-state index in [0.29, 0.717) is 22.8 Å². The number of aliphatic imine (C=N–C) groups is 1. The number of allylic oxidation sites excluding steroid dienone is 4. The summed E-state index contributed by atoms with van der Waals surface area (Å²) < 4.78 is 28.8. The van der Waals surface area contributed by atoms with Crippen molar-refractivity contribution >= 4 is 77.1 Å². The molecule has 3 N–H and O–H groups in total. The first-order valence-electron chi connectivity index (χ1n) is 23.9. The number of halogens is 1. The molecule has 0 spiro atoms. The van der Waals surface area contributed by atoms with Crippen LogP contribution < -0.4 is 5.73 Å². The summed E-state index contributed by atoms with van der Waals surface area (Å²) in [5.74, 6) is 0.195. The second-order valence-electron chi connectivity index (χ2n) is 17.3. The molecular weight excluding hydrogens is 952 g/mol. The number of methoxy groups -OCH3 is 1. The Labute approximate surface area is 437 Å². The molecule has 0 amide bonds. The van der Waals surface area contributed by atoms with Crippen LogP contribution in [0, 0.1) is 36.5 Å². The third-order valence-electron chi connectivity index (χ3n) is 11.5. The minimum absolute atomic E-state index is 0. The Morgan fingerprint density at radius 2 is 0.945 bits per heavy atom. The van der Waals surface area contributed by atoms with E-state index in [1.54, 1.807) is 36.4 Å². The highest BCUT2D eigenvalue weighted by atomic mass is 35.5. The van der Waals surface area contributed by atoms with Crippen molar-refractivity contribution in [3.63, 3.8) is 0 Å². The van der Waals surface area contributed by atoms with Gasteiger partial charge in [0.2, 0.25) is 0 Å². The highest BCUT2D eigenvalue weighted by molar-refractivity contribution is 7.91. The van der Waals surface area contributed by atoms with Crippen LogP contribution in [0.1, 0.15) is 52.6 Å². The number of hydrogen-bond donors (Lipinski definition) is 2. The predicted molar refractivity (Wildman–Crippen MR) is 301 cm³/mol. The minimum atomic E-state index is -3.35. The van der Waals surface area contributed by atoms with Gasteiger partial charge in [0.05, 0.1) is 23.8 Å². The molecule has 0 aromatic heterocycles. The third-order valence-corrected chi connectivity index (χ3v) is 12.9. The number of nitrogens with zero attached hydrogens (tertiary/aromatic N) is 1. The number of ether oxygens (including phenoxy) is 1. The second-order valence-corrected chi connectivity index (χ2v) is 19.3. The number of aliphatic carboxylic acids is 1. The van der Waals surface area contributed by atoms with E-state index < -0.39 is 15.8 Å². The van der Waals surface area contributed by atoms with Gasteiger partial charge in [-0.3, -0.25) is 19.4 Å². The number of aldehydes is 1. The topological polar surface area (TPSA) is 153 Å². The molecule has 378 valence electrons. The summed E-state index contributed by atoms with van der Waals surface area (Å²) in [6.07, 6.45) is 24.5. The van der Waals surface area contributed by atoms with Gasteiger partial charge in [-0.25, -0.2) is 8.42 Å². The molecule has 11 heteroatoms. The van der Waals surface area contributed by atoms with Crippen molar-refractivity contribution in [1.82, 2.24) is 0 Å². The Morgan fingerprint density at radius 3 is 1.32 bits per heavy atom. The molecule has 0 saturated heterocycles. The van der Waals surface area contributed by atoms with E-state index in [-0.39, 0.29) is 42.0 Å². The van der Waals surface area contributed by atoms with Gasteiger partial charge in [0.15, 0.2) is 9.84 Å². The number of carbonyl (C=O) groups is 3. The van der Waals surface area contributed by atoms with Crippen molar-refractivity contribution in [1.29, 1.82) is 0 Å². The molecule has 0 bridgehead atoms. The van der Waals surface area contributed by atoms with E-state index in [2.05, 4.69) is 46.2 Å². The summed E-state index contributed by atoms with van der Waals surface area (Å²) in [7, 11) is -1.91. The lowest BCUT2D eigenvalue weighted by Gasteiger charge is -2.01.